The van der Waals surface area contributed by atoms with Crippen LogP contribution in [-0.2, 0) is 6.54 Å². The van der Waals surface area contributed by atoms with Gasteiger partial charge in [0, 0.05) is 6.54 Å². The highest BCUT2D eigenvalue weighted by atomic mass is 35.5. The predicted molar refractivity (Wildman–Crippen MR) is 72.1 cm³/mol. The van der Waals surface area contributed by atoms with E-state index in [0.717, 1.165) is 19.0 Å². The van der Waals surface area contributed by atoms with Crippen molar-refractivity contribution in [3.63, 3.8) is 0 Å². The van der Waals surface area contributed by atoms with Gasteiger partial charge in [-0.1, -0.05) is 25.4 Å². The van der Waals surface area contributed by atoms with E-state index in [1.54, 1.807) is 0 Å². The summed E-state index contributed by atoms with van der Waals surface area (Å²) in [6.45, 7) is 3.32. The fraction of sp³-hybridized carbons (Fsp3) is 0.667. The molecule has 0 aliphatic heterocycles. The van der Waals surface area contributed by atoms with Crippen LogP contribution < -0.4 is 10.9 Å². The first kappa shape index (κ1) is 16.8. The molecule has 0 fully saturated rings. The number of aromatic nitrogens is 2. The van der Waals surface area contributed by atoms with Crippen molar-refractivity contribution in [2.75, 3.05) is 11.9 Å². The molecule has 0 aliphatic rings. The molecule has 1 aromatic heterocycles. The topological polar surface area (TPSA) is 46.9 Å². The number of hydrogen-bond acceptors (Lipinski definition) is 3. The molecule has 4 nitrogen and oxygen atoms in total. The van der Waals surface area contributed by atoms with Crippen LogP contribution in [0.25, 0.3) is 0 Å². The van der Waals surface area contributed by atoms with Gasteiger partial charge in [0.2, 0.25) is 0 Å². The Morgan fingerprint density at radius 2 is 2.10 bits per heavy atom. The van der Waals surface area contributed by atoms with Crippen molar-refractivity contribution < 1.29 is 13.2 Å². The summed E-state index contributed by atoms with van der Waals surface area (Å²) in [5.74, 6) is 0.560. The average molecular weight is 312 g/mol. The Morgan fingerprint density at radius 3 is 2.65 bits per heavy atom. The summed E-state index contributed by atoms with van der Waals surface area (Å²) in [4.78, 5) is 11.6. The highest BCUT2D eigenvalue weighted by Crippen LogP contribution is 2.19. The molecule has 20 heavy (non-hydrogen) atoms. The van der Waals surface area contributed by atoms with Gasteiger partial charge in [0.05, 0.1) is 11.9 Å². The van der Waals surface area contributed by atoms with Gasteiger partial charge >= 0.3 is 6.18 Å². The summed E-state index contributed by atoms with van der Waals surface area (Å²) in [5.41, 5.74) is -0.684. The van der Waals surface area contributed by atoms with E-state index in [1.807, 2.05) is 0 Å². The number of nitrogens with zero attached hydrogens (tertiary/aromatic N) is 2. The predicted octanol–water partition coefficient (Wildman–Crippen LogP) is 3.31. The van der Waals surface area contributed by atoms with Crippen LogP contribution >= 0.6 is 11.6 Å². The minimum Gasteiger partial charge on any atom is -0.382 e. The SMILES string of the molecule is CC(C)CCCNc1cnn(CC(F)(F)F)c(=O)c1Cl. The molecule has 1 N–H and O–H groups in total. The van der Waals surface area contributed by atoms with E-state index in [2.05, 4.69) is 24.3 Å². The highest BCUT2D eigenvalue weighted by Gasteiger charge is 2.29. The lowest BCUT2D eigenvalue weighted by Crippen LogP contribution is -2.30. The first-order valence-electron chi connectivity index (χ1n) is 6.27. The van der Waals surface area contributed by atoms with Gasteiger partial charge in [-0.25, -0.2) is 4.68 Å². The number of rotatable bonds is 6. The maximum absolute atomic E-state index is 12.2. The lowest BCUT2D eigenvalue weighted by molar-refractivity contribution is -0.143. The van der Waals surface area contributed by atoms with Gasteiger partial charge in [-0.3, -0.25) is 4.79 Å². The highest BCUT2D eigenvalue weighted by molar-refractivity contribution is 6.32. The van der Waals surface area contributed by atoms with Crippen molar-refractivity contribution >= 4 is 17.3 Å². The molecule has 1 aromatic rings. The van der Waals surface area contributed by atoms with Crippen LogP contribution in [0.4, 0.5) is 18.9 Å². The largest absolute Gasteiger partial charge is 0.408 e. The van der Waals surface area contributed by atoms with Crippen molar-refractivity contribution in [3.8, 4) is 0 Å². The molecule has 0 spiro atoms. The molecular formula is C12H17ClF3N3O. The van der Waals surface area contributed by atoms with Crippen LogP contribution in [0.2, 0.25) is 5.02 Å². The monoisotopic (exact) mass is 311 g/mol. The Morgan fingerprint density at radius 1 is 1.45 bits per heavy atom. The number of nitrogens with one attached hydrogen (secondary N) is 1. The van der Waals surface area contributed by atoms with E-state index in [0.29, 0.717) is 17.1 Å². The van der Waals surface area contributed by atoms with Crippen LogP contribution in [0.5, 0.6) is 0 Å². The van der Waals surface area contributed by atoms with Gasteiger partial charge in [-0.15, -0.1) is 0 Å². The molecule has 1 rings (SSSR count). The summed E-state index contributed by atoms with van der Waals surface area (Å²) in [6.07, 6.45) is -1.49. The van der Waals surface area contributed by atoms with E-state index in [-0.39, 0.29) is 10.7 Å². The van der Waals surface area contributed by atoms with Crippen LogP contribution in [0.1, 0.15) is 26.7 Å². The summed E-state index contributed by atoms with van der Waals surface area (Å²) >= 11 is 5.77. The van der Waals surface area contributed by atoms with Gasteiger partial charge < -0.3 is 5.32 Å². The number of hydrogen-bond donors (Lipinski definition) is 1. The van der Waals surface area contributed by atoms with Gasteiger partial charge in [-0.05, 0) is 18.8 Å². The zero-order valence-electron chi connectivity index (χ0n) is 11.3. The Hall–Kier alpha value is -1.24. The molecule has 0 atom stereocenters. The Labute approximate surface area is 119 Å². The van der Waals surface area contributed by atoms with Crippen LogP contribution in [0.3, 0.4) is 0 Å². The third-order valence-corrected chi connectivity index (χ3v) is 2.95. The fourth-order valence-electron chi connectivity index (χ4n) is 1.60. The second-order valence-electron chi connectivity index (χ2n) is 4.91. The number of anilines is 1. The summed E-state index contributed by atoms with van der Waals surface area (Å²) < 4.78 is 37.0. The summed E-state index contributed by atoms with van der Waals surface area (Å²) in [7, 11) is 0. The maximum atomic E-state index is 12.2. The normalized spacial score (nSPS) is 11.9. The summed E-state index contributed by atoms with van der Waals surface area (Å²) in [5, 5.41) is 6.12. The van der Waals surface area contributed by atoms with Gasteiger partial charge in [0.15, 0.2) is 0 Å². The lowest BCUT2D eigenvalue weighted by Gasteiger charge is -2.12. The Kier molecular flexibility index (Phi) is 5.86. The molecule has 0 amide bonds. The molecule has 0 unspecified atom stereocenters. The first-order valence-corrected chi connectivity index (χ1v) is 6.64. The van der Waals surface area contributed by atoms with E-state index >= 15 is 0 Å². The second kappa shape index (κ2) is 6.97. The number of halogens is 4. The summed E-state index contributed by atoms with van der Waals surface area (Å²) in [6, 6.07) is 0. The molecule has 8 heteroatoms. The minimum atomic E-state index is -4.51. The zero-order chi connectivity index (χ0) is 15.3. The average Bonchev–Trinajstić information content (AvgIpc) is 2.31. The van der Waals surface area contributed by atoms with Crippen molar-refractivity contribution in [1.82, 2.24) is 9.78 Å². The molecule has 0 aromatic carbocycles. The van der Waals surface area contributed by atoms with Gasteiger partial charge in [0.1, 0.15) is 11.6 Å². The smallest absolute Gasteiger partial charge is 0.382 e. The van der Waals surface area contributed by atoms with E-state index < -0.39 is 18.3 Å². The molecule has 0 radical (unpaired) electrons. The molecule has 0 aliphatic carbocycles. The van der Waals surface area contributed by atoms with Crippen LogP contribution in [-0.4, -0.2) is 22.5 Å². The maximum Gasteiger partial charge on any atom is 0.408 e. The Balaban J connectivity index is 2.72. The fourth-order valence-corrected chi connectivity index (χ4v) is 1.82. The first-order chi connectivity index (χ1) is 9.20. The molecule has 114 valence electrons. The minimum absolute atomic E-state index is 0.263. The lowest BCUT2D eigenvalue weighted by atomic mass is 10.1. The van der Waals surface area contributed by atoms with Gasteiger partial charge in [0.25, 0.3) is 5.56 Å². The van der Waals surface area contributed by atoms with Crippen LogP contribution in [0, 0.1) is 5.92 Å². The third-order valence-electron chi connectivity index (χ3n) is 2.59. The molecule has 0 saturated carbocycles. The van der Waals surface area contributed by atoms with E-state index in [1.165, 1.54) is 0 Å². The van der Waals surface area contributed by atoms with Crippen LogP contribution in [0.15, 0.2) is 11.0 Å². The Bertz CT molecular complexity index is 500. The van der Waals surface area contributed by atoms with Crippen molar-refractivity contribution in [2.45, 2.75) is 39.4 Å². The zero-order valence-corrected chi connectivity index (χ0v) is 12.1. The number of alkyl halides is 3. The molecule has 0 saturated heterocycles. The van der Waals surface area contributed by atoms with Crippen molar-refractivity contribution in [1.29, 1.82) is 0 Å². The standard InChI is InChI=1S/C12H17ClF3N3O/c1-8(2)4-3-5-17-9-6-18-19(7-12(14,15)16)11(20)10(9)13/h6,8,17H,3-5,7H2,1-2H3. The van der Waals surface area contributed by atoms with E-state index in [4.69, 9.17) is 11.6 Å². The van der Waals surface area contributed by atoms with E-state index in [9.17, 15) is 18.0 Å². The second-order valence-corrected chi connectivity index (χ2v) is 5.29. The molecule has 0 bridgehead atoms. The van der Waals surface area contributed by atoms with Crippen molar-refractivity contribution in [3.05, 3.63) is 21.6 Å². The molecule has 1 heterocycles. The third kappa shape index (κ3) is 5.40. The van der Waals surface area contributed by atoms with Gasteiger partial charge in [-0.2, -0.15) is 18.3 Å². The quantitative estimate of drug-likeness (QED) is 0.820. The molecular weight excluding hydrogens is 295 g/mol. The van der Waals surface area contributed by atoms with Crippen molar-refractivity contribution in [2.24, 2.45) is 5.92 Å².